The highest BCUT2D eigenvalue weighted by Gasteiger charge is 2.24. The number of nitrogens with one attached hydrogen (secondary N) is 1. The Balaban J connectivity index is 1.87. The lowest BCUT2D eigenvalue weighted by Gasteiger charge is -1.97. The van der Waals surface area contributed by atoms with Gasteiger partial charge in [0, 0.05) is 11.7 Å². The van der Waals surface area contributed by atoms with Gasteiger partial charge in [-0.3, -0.25) is 5.10 Å². The number of hydrogen-bond donors (Lipinski definition) is 1. The first-order chi connectivity index (χ1) is 7.43. The van der Waals surface area contributed by atoms with Crippen molar-refractivity contribution in [1.82, 2.24) is 25.3 Å². The Labute approximate surface area is 89.9 Å². The Morgan fingerprint density at radius 1 is 1.53 bits per heavy atom. The average Bonchev–Trinajstić information content (AvgIpc) is 3.02. The lowest BCUT2D eigenvalue weighted by molar-refractivity contribution is 0.361. The molecule has 3 rings (SSSR count). The largest absolute Gasteiger partial charge is 0.339 e. The fraction of sp³-hybridized carbons (Fsp3) is 0.500. The molecule has 1 atom stereocenters. The number of hydrogen-bond acceptors (Lipinski definition) is 6. The van der Waals surface area contributed by atoms with Crippen LogP contribution in [0.5, 0.6) is 0 Å². The lowest BCUT2D eigenvalue weighted by Crippen LogP contribution is -1.96. The summed E-state index contributed by atoms with van der Waals surface area (Å²) >= 11 is 1.92. The molecule has 0 aliphatic carbocycles. The van der Waals surface area contributed by atoms with Gasteiger partial charge in [-0.15, -0.1) is 0 Å². The van der Waals surface area contributed by atoms with Crippen LogP contribution in [0.25, 0.3) is 11.6 Å². The second-order valence-electron chi connectivity index (χ2n) is 3.35. The third kappa shape index (κ3) is 1.63. The number of aromatic amines is 1. The van der Waals surface area contributed by atoms with Crippen LogP contribution in [0.3, 0.4) is 0 Å². The predicted octanol–water partition coefficient (Wildman–Crippen LogP) is 1.08. The number of nitrogens with zero attached hydrogens (tertiary/aromatic N) is 4. The molecular formula is C8H9N5OS. The molecule has 1 aliphatic heterocycles. The predicted molar refractivity (Wildman–Crippen MR) is 54.4 cm³/mol. The van der Waals surface area contributed by atoms with Gasteiger partial charge in [0.2, 0.25) is 11.7 Å². The van der Waals surface area contributed by atoms with Crippen LogP contribution in [0.1, 0.15) is 18.2 Å². The number of H-pyrrole nitrogens is 1. The highest BCUT2D eigenvalue weighted by molar-refractivity contribution is 7.99. The Hall–Kier alpha value is -1.37. The van der Waals surface area contributed by atoms with Crippen molar-refractivity contribution in [2.75, 3.05) is 11.5 Å². The van der Waals surface area contributed by atoms with E-state index in [0.717, 1.165) is 12.2 Å². The summed E-state index contributed by atoms with van der Waals surface area (Å²) in [7, 11) is 0. The number of aromatic nitrogens is 5. The minimum absolute atomic E-state index is 0.402. The fourth-order valence-electron chi connectivity index (χ4n) is 1.54. The molecule has 2 aromatic heterocycles. The summed E-state index contributed by atoms with van der Waals surface area (Å²) in [5.74, 6) is 4.39. The molecule has 1 aliphatic rings. The molecule has 1 unspecified atom stereocenters. The van der Waals surface area contributed by atoms with Crippen LogP contribution in [0.2, 0.25) is 0 Å². The van der Waals surface area contributed by atoms with Gasteiger partial charge >= 0.3 is 0 Å². The van der Waals surface area contributed by atoms with Crippen molar-refractivity contribution in [1.29, 1.82) is 0 Å². The first kappa shape index (κ1) is 8.90. The van der Waals surface area contributed by atoms with Gasteiger partial charge in [-0.2, -0.15) is 21.8 Å². The van der Waals surface area contributed by atoms with E-state index in [-0.39, 0.29) is 0 Å². The lowest BCUT2D eigenvalue weighted by atomic mass is 10.1. The van der Waals surface area contributed by atoms with Gasteiger partial charge in [-0.1, -0.05) is 5.16 Å². The van der Waals surface area contributed by atoms with Gasteiger partial charge in [0.15, 0.2) is 5.82 Å². The molecule has 1 N–H and O–H groups in total. The van der Waals surface area contributed by atoms with Crippen LogP contribution in [0, 0.1) is 0 Å². The zero-order valence-corrected chi connectivity index (χ0v) is 8.70. The van der Waals surface area contributed by atoms with Crippen molar-refractivity contribution in [3.8, 4) is 11.6 Å². The standard InChI is InChI=1S/C8H9N5OS/c1-2-15-3-5(1)8-11-7(13-14-8)6-9-4-10-12-6/h4-5H,1-3H2,(H,9,10,12). The Morgan fingerprint density at radius 2 is 2.53 bits per heavy atom. The molecule has 2 aromatic rings. The third-order valence-corrected chi connectivity index (χ3v) is 3.51. The van der Waals surface area contributed by atoms with Crippen LogP contribution in [-0.2, 0) is 0 Å². The molecule has 1 saturated heterocycles. The zero-order valence-electron chi connectivity index (χ0n) is 7.88. The van der Waals surface area contributed by atoms with Crippen molar-refractivity contribution in [2.24, 2.45) is 0 Å². The zero-order chi connectivity index (χ0) is 10.1. The van der Waals surface area contributed by atoms with E-state index in [1.807, 2.05) is 11.8 Å². The maximum Gasteiger partial charge on any atom is 0.239 e. The highest BCUT2D eigenvalue weighted by Crippen LogP contribution is 2.31. The molecule has 78 valence electrons. The van der Waals surface area contributed by atoms with Crippen molar-refractivity contribution in [3.05, 3.63) is 12.2 Å². The van der Waals surface area contributed by atoms with Crippen molar-refractivity contribution in [2.45, 2.75) is 12.3 Å². The molecule has 3 heterocycles. The normalized spacial score (nSPS) is 20.9. The van der Waals surface area contributed by atoms with Crippen LogP contribution in [0.4, 0.5) is 0 Å². The topological polar surface area (TPSA) is 80.5 Å². The van der Waals surface area contributed by atoms with E-state index in [1.54, 1.807) is 0 Å². The molecule has 0 bridgehead atoms. The van der Waals surface area contributed by atoms with Crippen LogP contribution in [-0.4, -0.2) is 36.8 Å². The van der Waals surface area contributed by atoms with E-state index in [2.05, 4.69) is 25.3 Å². The molecule has 0 aromatic carbocycles. The van der Waals surface area contributed by atoms with Crippen molar-refractivity contribution < 1.29 is 4.52 Å². The number of thioether (sulfide) groups is 1. The summed E-state index contributed by atoms with van der Waals surface area (Å²) in [6, 6.07) is 0. The Morgan fingerprint density at radius 3 is 3.27 bits per heavy atom. The van der Waals surface area contributed by atoms with Gasteiger partial charge in [-0.25, -0.2) is 4.98 Å². The summed E-state index contributed by atoms with van der Waals surface area (Å²) in [6.45, 7) is 0. The summed E-state index contributed by atoms with van der Waals surface area (Å²) < 4.78 is 5.21. The maximum atomic E-state index is 5.21. The van der Waals surface area contributed by atoms with Gasteiger partial charge in [0.25, 0.3) is 0 Å². The highest BCUT2D eigenvalue weighted by atomic mass is 32.2. The molecule has 0 saturated carbocycles. The first-order valence-electron chi connectivity index (χ1n) is 4.70. The van der Waals surface area contributed by atoms with Crippen LogP contribution < -0.4 is 0 Å². The second kappa shape index (κ2) is 3.65. The van der Waals surface area contributed by atoms with Gasteiger partial charge in [-0.05, 0) is 12.2 Å². The van der Waals surface area contributed by atoms with E-state index in [4.69, 9.17) is 4.52 Å². The maximum absolute atomic E-state index is 5.21. The SMILES string of the molecule is c1n[nH]c(-c2noc(C3CCSC3)n2)n1. The molecular weight excluding hydrogens is 214 g/mol. The summed E-state index contributed by atoms with van der Waals surface area (Å²) in [5.41, 5.74) is 0. The number of rotatable bonds is 2. The van der Waals surface area contributed by atoms with Crippen LogP contribution in [0.15, 0.2) is 10.9 Å². The minimum atomic E-state index is 0.402. The first-order valence-corrected chi connectivity index (χ1v) is 5.86. The minimum Gasteiger partial charge on any atom is -0.339 e. The van der Waals surface area contributed by atoms with Gasteiger partial charge in [0.05, 0.1) is 0 Å². The van der Waals surface area contributed by atoms with Crippen molar-refractivity contribution in [3.63, 3.8) is 0 Å². The second-order valence-corrected chi connectivity index (χ2v) is 4.50. The van der Waals surface area contributed by atoms with E-state index in [0.29, 0.717) is 23.5 Å². The third-order valence-electron chi connectivity index (χ3n) is 2.35. The van der Waals surface area contributed by atoms with E-state index in [9.17, 15) is 0 Å². The molecule has 0 spiro atoms. The van der Waals surface area contributed by atoms with E-state index in [1.165, 1.54) is 12.1 Å². The summed E-state index contributed by atoms with van der Waals surface area (Å²) in [4.78, 5) is 8.28. The van der Waals surface area contributed by atoms with Crippen molar-refractivity contribution >= 4 is 11.8 Å². The molecule has 1 fully saturated rings. The van der Waals surface area contributed by atoms with E-state index < -0.39 is 0 Å². The fourth-order valence-corrected chi connectivity index (χ4v) is 2.75. The quantitative estimate of drug-likeness (QED) is 0.820. The average molecular weight is 223 g/mol. The Kier molecular flexibility index (Phi) is 2.17. The molecule has 15 heavy (non-hydrogen) atoms. The summed E-state index contributed by atoms with van der Waals surface area (Å²) in [6.07, 6.45) is 2.54. The van der Waals surface area contributed by atoms with E-state index >= 15 is 0 Å². The molecule has 6 nitrogen and oxygen atoms in total. The molecule has 0 amide bonds. The Bertz CT molecular complexity index is 434. The van der Waals surface area contributed by atoms with Gasteiger partial charge < -0.3 is 4.52 Å². The molecule has 7 heteroatoms. The van der Waals surface area contributed by atoms with Gasteiger partial charge in [0.1, 0.15) is 6.33 Å². The van der Waals surface area contributed by atoms with Crippen LogP contribution >= 0.6 is 11.8 Å². The smallest absolute Gasteiger partial charge is 0.239 e. The monoisotopic (exact) mass is 223 g/mol. The molecule has 0 radical (unpaired) electrons. The summed E-state index contributed by atoms with van der Waals surface area (Å²) in [5, 5.41) is 10.3.